The highest BCUT2D eigenvalue weighted by atomic mass is 16.6. The van der Waals surface area contributed by atoms with E-state index in [0.717, 1.165) is 6.07 Å². The van der Waals surface area contributed by atoms with Gasteiger partial charge < -0.3 is 9.47 Å². The van der Waals surface area contributed by atoms with E-state index in [-0.39, 0.29) is 23.6 Å². The molecule has 0 aliphatic heterocycles. The first-order valence-electron chi connectivity index (χ1n) is 6.59. The van der Waals surface area contributed by atoms with Gasteiger partial charge in [0.15, 0.2) is 6.29 Å². The molecule has 23 heavy (non-hydrogen) atoms. The molecular weight excluding hydrogens is 302 g/mol. The zero-order valence-corrected chi connectivity index (χ0v) is 12.2. The number of ether oxygens (including phenoxy) is 2. The Morgan fingerprint density at radius 2 is 2.04 bits per heavy atom. The van der Waals surface area contributed by atoms with E-state index in [1.165, 1.54) is 19.2 Å². The van der Waals surface area contributed by atoms with Crippen molar-refractivity contribution in [2.45, 2.75) is 6.61 Å². The second-order valence-corrected chi connectivity index (χ2v) is 4.58. The monoisotopic (exact) mass is 315 g/mol. The van der Waals surface area contributed by atoms with Gasteiger partial charge in [-0.1, -0.05) is 12.1 Å². The number of benzene rings is 2. The Labute approximate surface area is 131 Å². The van der Waals surface area contributed by atoms with Gasteiger partial charge >= 0.3 is 5.97 Å². The highest BCUT2D eigenvalue weighted by Crippen LogP contribution is 2.23. The van der Waals surface area contributed by atoms with Crippen molar-refractivity contribution in [2.75, 3.05) is 7.11 Å². The summed E-state index contributed by atoms with van der Waals surface area (Å²) in [7, 11) is 1.29. The van der Waals surface area contributed by atoms with E-state index in [1.54, 1.807) is 24.3 Å². The van der Waals surface area contributed by atoms with Gasteiger partial charge in [-0.3, -0.25) is 14.9 Å². The van der Waals surface area contributed by atoms with Crippen LogP contribution in [0, 0.1) is 10.1 Å². The van der Waals surface area contributed by atoms with Crippen molar-refractivity contribution in [1.82, 2.24) is 0 Å². The fourth-order valence-corrected chi connectivity index (χ4v) is 1.94. The van der Waals surface area contributed by atoms with Crippen molar-refractivity contribution in [3.05, 3.63) is 69.3 Å². The highest BCUT2D eigenvalue weighted by Gasteiger charge is 2.12. The van der Waals surface area contributed by atoms with Crippen molar-refractivity contribution in [1.29, 1.82) is 0 Å². The Kier molecular flexibility index (Phi) is 5.03. The van der Waals surface area contributed by atoms with E-state index in [0.29, 0.717) is 17.4 Å². The predicted molar refractivity (Wildman–Crippen MR) is 80.6 cm³/mol. The zero-order valence-electron chi connectivity index (χ0n) is 12.2. The number of nitrogens with zero attached hydrogens (tertiary/aromatic N) is 1. The number of hydrogen-bond acceptors (Lipinski definition) is 6. The molecule has 0 amide bonds. The van der Waals surface area contributed by atoms with Crippen LogP contribution in [0.15, 0.2) is 42.5 Å². The Balaban J connectivity index is 2.16. The van der Waals surface area contributed by atoms with Crippen molar-refractivity contribution < 1.29 is 24.0 Å². The Morgan fingerprint density at radius 1 is 1.26 bits per heavy atom. The normalized spacial score (nSPS) is 9.96. The van der Waals surface area contributed by atoms with E-state index in [9.17, 15) is 19.7 Å². The minimum absolute atomic E-state index is 0.0864. The summed E-state index contributed by atoms with van der Waals surface area (Å²) in [5.41, 5.74) is 0.978. The third kappa shape index (κ3) is 3.91. The molecule has 0 heterocycles. The lowest BCUT2D eigenvalue weighted by Crippen LogP contribution is -2.04. The van der Waals surface area contributed by atoms with Crippen LogP contribution in [0.4, 0.5) is 5.69 Å². The van der Waals surface area contributed by atoms with Crippen molar-refractivity contribution >= 4 is 17.9 Å². The molecule has 0 fully saturated rings. The number of aldehydes is 1. The fraction of sp³-hybridized carbons (Fsp3) is 0.125. The van der Waals surface area contributed by atoms with Crippen LogP contribution in [0.25, 0.3) is 0 Å². The second-order valence-electron chi connectivity index (χ2n) is 4.58. The van der Waals surface area contributed by atoms with Crippen molar-refractivity contribution in [3.8, 4) is 5.75 Å². The predicted octanol–water partition coefficient (Wildman–Crippen LogP) is 2.77. The molecule has 2 rings (SSSR count). The first kappa shape index (κ1) is 16.2. The van der Waals surface area contributed by atoms with Crippen LogP contribution < -0.4 is 4.74 Å². The van der Waals surface area contributed by atoms with Crippen molar-refractivity contribution in [2.24, 2.45) is 0 Å². The quantitative estimate of drug-likeness (QED) is 0.352. The number of hydrogen-bond donors (Lipinski definition) is 0. The van der Waals surface area contributed by atoms with Crippen LogP contribution >= 0.6 is 0 Å². The minimum atomic E-state index is -0.587. The molecule has 0 saturated carbocycles. The van der Waals surface area contributed by atoms with Crippen LogP contribution in [0.1, 0.15) is 26.3 Å². The first-order chi connectivity index (χ1) is 11.0. The zero-order chi connectivity index (χ0) is 16.8. The van der Waals surface area contributed by atoms with Crippen LogP contribution in [0.3, 0.4) is 0 Å². The number of methoxy groups -OCH3 is 1. The number of nitro groups is 1. The van der Waals surface area contributed by atoms with Crippen LogP contribution in [-0.2, 0) is 11.3 Å². The van der Waals surface area contributed by atoms with Crippen molar-refractivity contribution in [3.63, 3.8) is 0 Å². The number of rotatable bonds is 6. The van der Waals surface area contributed by atoms with E-state index >= 15 is 0 Å². The molecule has 0 aliphatic carbocycles. The van der Waals surface area contributed by atoms with Gasteiger partial charge in [0.1, 0.15) is 12.4 Å². The fourth-order valence-electron chi connectivity index (χ4n) is 1.94. The number of esters is 1. The van der Waals surface area contributed by atoms with Gasteiger partial charge in [-0.2, -0.15) is 0 Å². The molecule has 0 atom stereocenters. The van der Waals surface area contributed by atoms with E-state index in [4.69, 9.17) is 4.74 Å². The summed E-state index contributed by atoms with van der Waals surface area (Å²) in [4.78, 5) is 32.6. The van der Waals surface area contributed by atoms with Gasteiger partial charge in [-0.05, 0) is 23.8 Å². The van der Waals surface area contributed by atoms with Gasteiger partial charge in [0.25, 0.3) is 5.69 Å². The average molecular weight is 315 g/mol. The van der Waals surface area contributed by atoms with E-state index in [1.807, 2.05) is 0 Å². The second kappa shape index (κ2) is 7.17. The number of carbonyl (C=O) groups is 2. The van der Waals surface area contributed by atoms with Gasteiger partial charge in [0.2, 0.25) is 0 Å². The summed E-state index contributed by atoms with van der Waals surface area (Å²) >= 11 is 0. The molecule has 118 valence electrons. The Morgan fingerprint density at radius 3 is 2.70 bits per heavy atom. The van der Waals surface area contributed by atoms with Gasteiger partial charge in [-0.25, -0.2) is 4.79 Å². The highest BCUT2D eigenvalue weighted by molar-refractivity contribution is 5.89. The van der Waals surface area contributed by atoms with Gasteiger partial charge in [0, 0.05) is 12.1 Å². The lowest BCUT2D eigenvalue weighted by Gasteiger charge is -2.09. The maximum absolute atomic E-state index is 11.5. The molecule has 0 aliphatic rings. The molecule has 2 aromatic rings. The van der Waals surface area contributed by atoms with Gasteiger partial charge in [0.05, 0.1) is 23.2 Å². The molecule has 0 N–H and O–H groups in total. The molecule has 0 unspecified atom stereocenters. The molecular formula is C16H13NO6. The SMILES string of the molecule is COC(=O)c1cccc(COc2ccc([N+](=O)[O-])cc2C=O)c1. The largest absolute Gasteiger partial charge is 0.488 e. The lowest BCUT2D eigenvalue weighted by molar-refractivity contribution is -0.384. The minimum Gasteiger partial charge on any atom is -0.488 e. The van der Waals surface area contributed by atoms with E-state index < -0.39 is 10.9 Å². The number of nitro benzene ring substituents is 1. The molecule has 0 saturated heterocycles. The Hall–Kier alpha value is -3.22. The smallest absolute Gasteiger partial charge is 0.337 e. The summed E-state index contributed by atoms with van der Waals surface area (Å²) < 4.78 is 10.1. The number of carbonyl (C=O) groups excluding carboxylic acids is 2. The molecule has 7 heteroatoms. The summed E-state index contributed by atoms with van der Waals surface area (Å²) in [6.45, 7) is 0.101. The summed E-state index contributed by atoms with van der Waals surface area (Å²) in [5, 5.41) is 10.7. The summed E-state index contributed by atoms with van der Waals surface area (Å²) in [5.74, 6) is -0.232. The van der Waals surface area contributed by atoms with Crippen LogP contribution in [0.2, 0.25) is 0 Å². The molecule has 0 spiro atoms. The molecule has 0 aromatic heterocycles. The molecule has 7 nitrogen and oxygen atoms in total. The standard InChI is InChI=1S/C16H13NO6/c1-22-16(19)12-4-2-3-11(7-12)10-23-15-6-5-14(17(20)21)8-13(15)9-18/h2-9H,10H2,1H3. The summed E-state index contributed by atoms with van der Waals surface area (Å²) in [6.07, 6.45) is 0.493. The van der Waals surface area contributed by atoms with Crippen LogP contribution in [-0.4, -0.2) is 24.3 Å². The maximum atomic E-state index is 11.5. The lowest BCUT2D eigenvalue weighted by atomic mass is 10.1. The van der Waals surface area contributed by atoms with E-state index in [2.05, 4.69) is 4.74 Å². The summed E-state index contributed by atoms with van der Waals surface area (Å²) in [6, 6.07) is 10.4. The van der Waals surface area contributed by atoms with Gasteiger partial charge in [-0.15, -0.1) is 0 Å². The average Bonchev–Trinajstić information content (AvgIpc) is 2.59. The molecule has 0 radical (unpaired) electrons. The maximum Gasteiger partial charge on any atom is 0.337 e. The van der Waals surface area contributed by atoms with Crippen LogP contribution in [0.5, 0.6) is 5.75 Å². The third-order valence-electron chi connectivity index (χ3n) is 3.07. The molecule has 2 aromatic carbocycles. The Bertz CT molecular complexity index is 756. The first-order valence-corrected chi connectivity index (χ1v) is 6.59. The topological polar surface area (TPSA) is 95.7 Å². The molecule has 0 bridgehead atoms. The third-order valence-corrected chi connectivity index (χ3v) is 3.07. The number of non-ortho nitro benzene ring substituents is 1.